The zero-order valence-electron chi connectivity index (χ0n) is 20.4. The van der Waals surface area contributed by atoms with Crippen molar-refractivity contribution in [2.75, 3.05) is 13.1 Å². The highest BCUT2D eigenvalue weighted by molar-refractivity contribution is 7.21. The number of rotatable bonds is 5. The molecule has 178 valence electrons. The third-order valence-corrected chi connectivity index (χ3v) is 7.95. The molecular formula is C28H32N2O3S. The number of nitrogens with zero attached hydrogens (tertiary/aromatic N) is 2. The molecule has 34 heavy (non-hydrogen) atoms. The lowest BCUT2D eigenvalue weighted by Gasteiger charge is -2.31. The number of thiazole rings is 1. The second-order valence-corrected chi connectivity index (χ2v) is 10.9. The first-order valence-corrected chi connectivity index (χ1v) is 13.1. The van der Waals surface area contributed by atoms with Crippen LogP contribution in [0.4, 0.5) is 0 Å². The largest absolute Gasteiger partial charge is 0.507 e. The van der Waals surface area contributed by atoms with E-state index >= 15 is 0 Å². The number of hydrogen-bond acceptors (Lipinski definition) is 6. The van der Waals surface area contributed by atoms with Crippen LogP contribution in [0.2, 0.25) is 0 Å². The second kappa shape index (κ2) is 9.16. The van der Waals surface area contributed by atoms with Crippen LogP contribution in [0.15, 0.2) is 39.5 Å². The summed E-state index contributed by atoms with van der Waals surface area (Å²) in [7, 11) is 0. The van der Waals surface area contributed by atoms with Crippen LogP contribution in [0.5, 0.6) is 5.75 Å². The van der Waals surface area contributed by atoms with Crippen molar-refractivity contribution in [1.29, 1.82) is 0 Å². The Balaban J connectivity index is 1.75. The molecule has 0 saturated carbocycles. The van der Waals surface area contributed by atoms with E-state index in [1.807, 2.05) is 51.1 Å². The van der Waals surface area contributed by atoms with Gasteiger partial charge in [0.05, 0.1) is 26.7 Å². The molecule has 1 N–H and O–H groups in total. The maximum atomic E-state index is 14.0. The normalized spacial score (nSPS) is 17.3. The molecule has 0 amide bonds. The van der Waals surface area contributed by atoms with Gasteiger partial charge in [-0.3, -0.25) is 9.69 Å². The van der Waals surface area contributed by atoms with E-state index in [-0.39, 0.29) is 17.1 Å². The molecule has 4 aromatic rings. The number of likely N-dealkylation sites (tertiary alicyclic amines) is 1. The van der Waals surface area contributed by atoms with Crippen LogP contribution < -0.4 is 5.43 Å². The van der Waals surface area contributed by atoms with Crippen molar-refractivity contribution in [3.05, 3.63) is 57.4 Å². The van der Waals surface area contributed by atoms with Crippen molar-refractivity contribution in [1.82, 2.24) is 9.88 Å². The molecular weight excluding hydrogens is 444 g/mol. The summed E-state index contributed by atoms with van der Waals surface area (Å²) in [6.45, 7) is 10.9. The van der Waals surface area contributed by atoms with Crippen molar-refractivity contribution < 1.29 is 9.52 Å². The van der Waals surface area contributed by atoms with Crippen LogP contribution in [0.1, 0.15) is 63.3 Å². The van der Waals surface area contributed by atoms with Crippen molar-refractivity contribution in [3.63, 3.8) is 0 Å². The summed E-state index contributed by atoms with van der Waals surface area (Å²) >= 11 is 1.52. The van der Waals surface area contributed by atoms with Crippen molar-refractivity contribution in [3.8, 4) is 16.3 Å². The van der Waals surface area contributed by atoms with Gasteiger partial charge in [0.1, 0.15) is 22.1 Å². The van der Waals surface area contributed by atoms with E-state index in [9.17, 15) is 9.90 Å². The smallest absolute Gasteiger partial charge is 0.203 e. The lowest BCUT2D eigenvalue weighted by atomic mass is 9.96. The molecule has 1 fully saturated rings. The summed E-state index contributed by atoms with van der Waals surface area (Å²) in [6.07, 6.45) is 3.03. The molecule has 2 aromatic carbocycles. The quantitative estimate of drug-likeness (QED) is 0.347. The molecule has 5 nitrogen and oxygen atoms in total. The molecule has 0 aliphatic carbocycles. The first-order chi connectivity index (χ1) is 16.4. The van der Waals surface area contributed by atoms with Gasteiger partial charge in [-0.15, -0.1) is 11.3 Å². The molecule has 0 radical (unpaired) electrons. The van der Waals surface area contributed by atoms with Gasteiger partial charge in [0.2, 0.25) is 5.43 Å². The van der Waals surface area contributed by atoms with Gasteiger partial charge in [-0.2, -0.15) is 0 Å². The van der Waals surface area contributed by atoms with Crippen LogP contribution in [-0.4, -0.2) is 28.1 Å². The van der Waals surface area contributed by atoms with E-state index in [0.29, 0.717) is 46.2 Å². The van der Waals surface area contributed by atoms with Gasteiger partial charge in [-0.05, 0) is 55.5 Å². The highest BCUT2D eigenvalue weighted by Gasteiger charge is 2.26. The number of piperidine rings is 1. The van der Waals surface area contributed by atoms with E-state index in [1.165, 1.54) is 17.8 Å². The van der Waals surface area contributed by atoms with E-state index < -0.39 is 0 Å². The fraction of sp³-hybridized carbons (Fsp3) is 0.429. The highest BCUT2D eigenvalue weighted by Crippen LogP contribution is 2.38. The minimum atomic E-state index is -0.0630. The molecule has 2 aromatic heterocycles. The Hall–Kier alpha value is -2.70. The molecule has 3 heterocycles. The Bertz CT molecular complexity index is 1390. The fourth-order valence-corrected chi connectivity index (χ4v) is 6.14. The minimum Gasteiger partial charge on any atom is -0.507 e. The number of aromatic hydroxyl groups is 1. The first-order valence-electron chi connectivity index (χ1n) is 12.3. The zero-order valence-corrected chi connectivity index (χ0v) is 21.2. The number of hydrogen-bond donors (Lipinski definition) is 1. The number of phenols is 1. The molecule has 0 spiro atoms. The predicted octanol–water partition coefficient (Wildman–Crippen LogP) is 6.69. The monoisotopic (exact) mass is 476 g/mol. The average molecular weight is 477 g/mol. The van der Waals surface area contributed by atoms with Gasteiger partial charge in [0.25, 0.3) is 0 Å². The molecule has 1 aliphatic heterocycles. The number of aromatic nitrogens is 1. The van der Waals surface area contributed by atoms with E-state index in [4.69, 9.17) is 9.40 Å². The van der Waals surface area contributed by atoms with Crippen LogP contribution >= 0.6 is 11.3 Å². The Morgan fingerprint density at radius 2 is 2.09 bits per heavy atom. The zero-order chi connectivity index (χ0) is 24.0. The third-order valence-electron chi connectivity index (χ3n) is 6.89. The molecule has 5 rings (SSSR count). The van der Waals surface area contributed by atoms with Crippen LogP contribution in [0.3, 0.4) is 0 Å². The standard InChI is InChI=1S/C28H32N2O3S/c1-5-18-13-19-25(32)23(28-29-21-10-6-7-11-22(21)34-28)26(16(2)3)33-27(19)20(24(18)31)15-30-12-8-9-17(4)14-30/h6-7,10-11,13,16-17,31H,5,8-9,12,14-15H2,1-4H3. The molecule has 1 atom stereocenters. The molecule has 1 unspecified atom stereocenters. The summed E-state index contributed by atoms with van der Waals surface area (Å²) in [4.78, 5) is 21.2. The van der Waals surface area contributed by atoms with Gasteiger partial charge in [0, 0.05) is 19.0 Å². The van der Waals surface area contributed by atoms with Crippen molar-refractivity contribution in [2.45, 2.75) is 59.4 Å². The summed E-state index contributed by atoms with van der Waals surface area (Å²) in [6, 6.07) is 9.76. The number of fused-ring (bicyclic) bond motifs is 2. The summed E-state index contributed by atoms with van der Waals surface area (Å²) in [5.74, 6) is 1.52. The average Bonchev–Trinajstić information content (AvgIpc) is 3.24. The van der Waals surface area contributed by atoms with Gasteiger partial charge >= 0.3 is 0 Å². The minimum absolute atomic E-state index is 0.00466. The lowest BCUT2D eigenvalue weighted by Crippen LogP contribution is -2.33. The van der Waals surface area contributed by atoms with Crippen LogP contribution in [-0.2, 0) is 13.0 Å². The fourth-order valence-electron chi connectivity index (χ4n) is 5.12. The maximum Gasteiger partial charge on any atom is 0.203 e. The number of aryl methyl sites for hydroxylation is 1. The molecule has 6 heteroatoms. The van der Waals surface area contributed by atoms with Gasteiger partial charge in [0.15, 0.2) is 0 Å². The Morgan fingerprint density at radius 1 is 1.29 bits per heavy atom. The Kier molecular flexibility index (Phi) is 6.21. The summed E-state index contributed by atoms with van der Waals surface area (Å²) in [5, 5.41) is 12.4. The number of para-hydroxylation sites is 1. The van der Waals surface area contributed by atoms with Crippen LogP contribution in [0.25, 0.3) is 31.8 Å². The SMILES string of the molecule is CCc1cc2c(=O)c(-c3nc4ccccc4s3)c(C(C)C)oc2c(CN2CCCC(C)C2)c1O. The summed E-state index contributed by atoms with van der Waals surface area (Å²) in [5.41, 5.74) is 3.41. The topological polar surface area (TPSA) is 66.6 Å². The van der Waals surface area contributed by atoms with E-state index in [0.717, 1.165) is 40.9 Å². The van der Waals surface area contributed by atoms with Gasteiger partial charge in [-0.1, -0.05) is 39.8 Å². The maximum absolute atomic E-state index is 14.0. The third kappa shape index (κ3) is 4.03. The van der Waals surface area contributed by atoms with Crippen molar-refractivity contribution >= 4 is 32.5 Å². The van der Waals surface area contributed by atoms with E-state index in [1.54, 1.807) is 0 Å². The number of benzene rings is 2. The Labute approximate surface area is 204 Å². The second-order valence-electron chi connectivity index (χ2n) is 9.89. The molecule has 1 saturated heterocycles. The first kappa shape index (κ1) is 23.1. The van der Waals surface area contributed by atoms with Gasteiger partial charge in [-0.25, -0.2) is 4.98 Å². The van der Waals surface area contributed by atoms with Crippen LogP contribution in [0, 0.1) is 5.92 Å². The van der Waals surface area contributed by atoms with E-state index in [2.05, 4.69) is 11.8 Å². The molecule has 0 bridgehead atoms. The molecule has 1 aliphatic rings. The predicted molar refractivity (Wildman–Crippen MR) is 140 cm³/mol. The summed E-state index contributed by atoms with van der Waals surface area (Å²) < 4.78 is 7.59. The lowest BCUT2D eigenvalue weighted by molar-refractivity contribution is 0.175. The highest BCUT2D eigenvalue weighted by atomic mass is 32.1. The van der Waals surface area contributed by atoms with Crippen molar-refractivity contribution in [2.24, 2.45) is 5.92 Å². The Morgan fingerprint density at radius 3 is 2.79 bits per heavy atom. The number of phenolic OH excluding ortho intramolecular Hbond substituents is 1. The van der Waals surface area contributed by atoms with Gasteiger partial charge < -0.3 is 9.52 Å².